The second kappa shape index (κ2) is 10.8. The van der Waals surface area contributed by atoms with Gasteiger partial charge in [0, 0.05) is 0 Å². The summed E-state index contributed by atoms with van der Waals surface area (Å²) < 4.78 is 0. The van der Waals surface area contributed by atoms with E-state index in [-0.39, 0.29) is 0 Å². The van der Waals surface area contributed by atoms with Crippen LogP contribution in [0.25, 0.3) is 23.3 Å². The molecular formula is C32H32. The highest BCUT2D eigenvalue weighted by Gasteiger charge is 2.03. The average molecular weight is 417 g/mol. The van der Waals surface area contributed by atoms with E-state index in [9.17, 15) is 0 Å². The number of hydrogen-bond acceptors (Lipinski definition) is 0. The van der Waals surface area contributed by atoms with E-state index in [4.69, 9.17) is 0 Å². The summed E-state index contributed by atoms with van der Waals surface area (Å²) in [6.45, 7) is 4.44. The summed E-state index contributed by atoms with van der Waals surface area (Å²) in [6, 6.07) is 35.3. The molecule has 4 aromatic carbocycles. The predicted octanol–water partition coefficient (Wildman–Crippen LogP) is 8.43. The van der Waals surface area contributed by atoms with Gasteiger partial charge in [-0.25, -0.2) is 0 Å². The highest BCUT2D eigenvalue weighted by atomic mass is 14.1. The van der Waals surface area contributed by atoms with Crippen molar-refractivity contribution in [3.8, 4) is 11.1 Å². The lowest BCUT2D eigenvalue weighted by Crippen LogP contribution is -1.96. The summed E-state index contributed by atoms with van der Waals surface area (Å²) in [4.78, 5) is 0. The van der Waals surface area contributed by atoms with E-state index in [0.717, 1.165) is 25.7 Å². The number of aryl methyl sites for hydroxylation is 4. The second-order valence-electron chi connectivity index (χ2n) is 8.33. The summed E-state index contributed by atoms with van der Waals surface area (Å²) in [5.74, 6) is 0. The van der Waals surface area contributed by atoms with Crippen LogP contribution in [-0.4, -0.2) is 0 Å². The van der Waals surface area contributed by atoms with Gasteiger partial charge in [0.25, 0.3) is 0 Å². The van der Waals surface area contributed by atoms with Crippen molar-refractivity contribution < 1.29 is 0 Å². The van der Waals surface area contributed by atoms with E-state index in [1.165, 1.54) is 44.5 Å². The first kappa shape index (κ1) is 21.8. The van der Waals surface area contributed by atoms with Gasteiger partial charge in [-0.3, -0.25) is 0 Å². The van der Waals surface area contributed by atoms with Crippen LogP contribution in [0.2, 0.25) is 0 Å². The fourth-order valence-electron chi connectivity index (χ4n) is 4.28. The minimum absolute atomic E-state index is 1.06. The molecule has 0 fully saturated rings. The molecule has 0 unspecified atom stereocenters. The third-order valence-corrected chi connectivity index (χ3v) is 6.27. The Bertz CT molecular complexity index is 1160. The standard InChI is InChI=1S/C32H32/c1-3-27-9-5-7-11-29(27)19-13-25-15-21-31(22-16-25)32-23-17-26(18-24-32)14-20-30-12-8-6-10-28(30)4-2/h5-13,15-19,21-24H,3-4,14,20H2,1-2H3/b19-13+. The van der Waals surface area contributed by atoms with Gasteiger partial charge in [-0.2, -0.15) is 0 Å². The lowest BCUT2D eigenvalue weighted by molar-refractivity contribution is 0.931. The molecule has 0 radical (unpaired) electrons. The van der Waals surface area contributed by atoms with Gasteiger partial charge in [-0.15, -0.1) is 0 Å². The normalized spacial score (nSPS) is 11.2. The topological polar surface area (TPSA) is 0 Å². The van der Waals surface area contributed by atoms with E-state index >= 15 is 0 Å². The van der Waals surface area contributed by atoms with Gasteiger partial charge in [-0.1, -0.05) is 123 Å². The molecule has 4 rings (SSSR count). The fourth-order valence-corrected chi connectivity index (χ4v) is 4.28. The molecule has 0 saturated carbocycles. The first-order valence-corrected chi connectivity index (χ1v) is 11.8. The molecule has 0 spiro atoms. The van der Waals surface area contributed by atoms with Gasteiger partial charge in [0.05, 0.1) is 0 Å². The van der Waals surface area contributed by atoms with Gasteiger partial charge in [-0.05, 0) is 70.2 Å². The SMILES string of the molecule is CCc1ccccc1/C=C/c1ccc(-c2ccc(CCc3ccccc3CC)cc2)cc1. The summed E-state index contributed by atoms with van der Waals surface area (Å²) in [5.41, 5.74) is 10.8. The van der Waals surface area contributed by atoms with Crippen LogP contribution in [0.15, 0.2) is 97.1 Å². The van der Waals surface area contributed by atoms with Crippen LogP contribution >= 0.6 is 0 Å². The molecule has 0 bridgehead atoms. The highest BCUT2D eigenvalue weighted by Crippen LogP contribution is 2.22. The zero-order chi connectivity index (χ0) is 22.2. The minimum atomic E-state index is 1.06. The Morgan fingerprint density at radius 3 is 1.72 bits per heavy atom. The summed E-state index contributed by atoms with van der Waals surface area (Å²) >= 11 is 0. The highest BCUT2D eigenvalue weighted by molar-refractivity contribution is 5.73. The first-order chi connectivity index (χ1) is 15.8. The minimum Gasteiger partial charge on any atom is -0.0620 e. The molecule has 0 heterocycles. The fraction of sp³-hybridized carbons (Fsp3) is 0.188. The van der Waals surface area contributed by atoms with Crippen molar-refractivity contribution in [3.05, 3.63) is 130 Å². The van der Waals surface area contributed by atoms with E-state index in [1.54, 1.807) is 0 Å². The molecule has 0 amide bonds. The number of rotatable bonds is 8. The van der Waals surface area contributed by atoms with E-state index in [1.807, 2.05) is 0 Å². The number of benzene rings is 4. The van der Waals surface area contributed by atoms with Crippen LogP contribution in [0, 0.1) is 0 Å². The lowest BCUT2D eigenvalue weighted by Gasteiger charge is -2.09. The van der Waals surface area contributed by atoms with Gasteiger partial charge in [0.15, 0.2) is 0 Å². The Morgan fingerprint density at radius 1 is 0.500 bits per heavy atom. The van der Waals surface area contributed by atoms with Gasteiger partial charge in [0.1, 0.15) is 0 Å². The monoisotopic (exact) mass is 416 g/mol. The smallest absolute Gasteiger partial charge is 0.0184 e. The van der Waals surface area contributed by atoms with Gasteiger partial charge in [0.2, 0.25) is 0 Å². The molecule has 0 atom stereocenters. The van der Waals surface area contributed by atoms with Gasteiger partial charge < -0.3 is 0 Å². The van der Waals surface area contributed by atoms with Crippen molar-refractivity contribution in [2.75, 3.05) is 0 Å². The van der Waals surface area contributed by atoms with Gasteiger partial charge >= 0.3 is 0 Å². The summed E-state index contributed by atoms with van der Waals surface area (Å²) in [7, 11) is 0. The molecule has 0 aliphatic heterocycles. The molecule has 0 aromatic heterocycles. The lowest BCUT2D eigenvalue weighted by atomic mass is 9.97. The Kier molecular flexibility index (Phi) is 7.35. The summed E-state index contributed by atoms with van der Waals surface area (Å²) in [5, 5.41) is 0. The van der Waals surface area contributed by atoms with E-state index < -0.39 is 0 Å². The predicted molar refractivity (Wildman–Crippen MR) is 140 cm³/mol. The molecule has 0 heteroatoms. The molecule has 4 aromatic rings. The molecule has 32 heavy (non-hydrogen) atoms. The van der Waals surface area contributed by atoms with Crippen molar-refractivity contribution in [3.63, 3.8) is 0 Å². The molecule has 0 aliphatic carbocycles. The van der Waals surface area contributed by atoms with Crippen molar-refractivity contribution in [2.45, 2.75) is 39.5 Å². The zero-order valence-corrected chi connectivity index (χ0v) is 19.2. The van der Waals surface area contributed by atoms with E-state index in [0.29, 0.717) is 0 Å². The quantitative estimate of drug-likeness (QED) is 0.253. The maximum Gasteiger partial charge on any atom is -0.0184 e. The maximum absolute atomic E-state index is 2.28. The Morgan fingerprint density at radius 2 is 1.06 bits per heavy atom. The third-order valence-electron chi connectivity index (χ3n) is 6.27. The van der Waals surface area contributed by atoms with Crippen molar-refractivity contribution in [2.24, 2.45) is 0 Å². The van der Waals surface area contributed by atoms with Crippen LogP contribution in [0.5, 0.6) is 0 Å². The first-order valence-electron chi connectivity index (χ1n) is 11.8. The van der Waals surface area contributed by atoms with Crippen LogP contribution in [0.3, 0.4) is 0 Å². The molecule has 0 N–H and O–H groups in total. The van der Waals surface area contributed by atoms with Crippen molar-refractivity contribution in [1.82, 2.24) is 0 Å². The maximum atomic E-state index is 2.28. The van der Waals surface area contributed by atoms with Crippen LogP contribution in [0.4, 0.5) is 0 Å². The number of hydrogen-bond donors (Lipinski definition) is 0. The Labute approximate surface area is 193 Å². The van der Waals surface area contributed by atoms with Crippen molar-refractivity contribution >= 4 is 12.2 Å². The third kappa shape index (κ3) is 5.45. The molecule has 0 saturated heterocycles. The molecule has 160 valence electrons. The Balaban J connectivity index is 1.40. The molecule has 0 nitrogen and oxygen atoms in total. The van der Waals surface area contributed by atoms with E-state index in [2.05, 4.69) is 123 Å². The Hall–Kier alpha value is -3.38. The molecule has 0 aliphatic rings. The van der Waals surface area contributed by atoms with Crippen LogP contribution in [0.1, 0.15) is 47.2 Å². The zero-order valence-electron chi connectivity index (χ0n) is 19.2. The largest absolute Gasteiger partial charge is 0.0620 e. The second-order valence-corrected chi connectivity index (χ2v) is 8.33. The average Bonchev–Trinajstić information content (AvgIpc) is 2.87. The van der Waals surface area contributed by atoms with Crippen LogP contribution < -0.4 is 0 Å². The summed E-state index contributed by atoms with van der Waals surface area (Å²) in [6.07, 6.45) is 8.77. The van der Waals surface area contributed by atoms with Crippen LogP contribution in [-0.2, 0) is 25.7 Å². The molecular weight excluding hydrogens is 384 g/mol. The van der Waals surface area contributed by atoms with Crippen molar-refractivity contribution in [1.29, 1.82) is 0 Å².